The van der Waals surface area contributed by atoms with Gasteiger partial charge in [-0.3, -0.25) is 0 Å². The van der Waals surface area contributed by atoms with E-state index in [9.17, 15) is 4.79 Å². The number of fused-ring (bicyclic) bond motifs is 1. The molecule has 94 valence electrons. The molecule has 0 amide bonds. The van der Waals surface area contributed by atoms with E-state index in [2.05, 4.69) is 9.97 Å². The van der Waals surface area contributed by atoms with Gasteiger partial charge in [-0.15, -0.1) is 11.3 Å². The van der Waals surface area contributed by atoms with E-state index in [1.54, 1.807) is 12.3 Å². The quantitative estimate of drug-likeness (QED) is 0.795. The zero-order chi connectivity index (χ0) is 13.2. The van der Waals surface area contributed by atoms with Crippen molar-refractivity contribution in [3.63, 3.8) is 0 Å². The molecule has 0 spiro atoms. The van der Waals surface area contributed by atoms with Crippen molar-refractivity contribution in [2.24, 2.45) is 0 Å². The zero-order valence-corrected chi connectivity index (χ0v) is 10.5. The summed E-state index contributed by atoms with van der Waals surface area (Å²) in [6, 6.07) is 5.80. The van der Waals surface area contributed by atoms with Crippen molar-refractivity contribution >= 4 is 35.1 Å². The standard InChI is InChI=1S/C13H9N3O2S/c17-13(18)10-8-19-12(15-10)5-4-9-2-1-3-11-14-6-7-16(9)11/h1-8H,(H,17,18)/b5-4+. The lowest BCUT2D eigenvalue weighted by atomic mass is 10.3. The fraction of sp³-hybridized carbons (Fsp3) is 0. The highest BCUT2D eigenvalue weighted by Gasteiger charge is 2.06. The molecule has 0 atom stereocenters. The van der Waals surface area contributed by atoms with Crippen molar-refractivity contribution in [2.75, 3.05) is 0 Å². The molecular formula is C13H9N3O2S. The number of hydrogen-bond acceptors (Lipinski definition) is 4. The van der Waals surface area contributed by atoms with Crippen LogP contribution in [-0.4, -0.2) is 25.4 Å². The first-order valence-electron chi connectivity index (χ1n) is 5.53. The molecule has 0 aromatic carbocycles. The number of pyridine rings is 1. The van der Waals surface area contributed by atoms with Crippen LogP contribution in [0.5, 0.6) is 0 Å². The van der Waals surface area contributed by atoms with Crippen LogP contribution in [0.2, 0.25) is 0 Å². The maximum Gasteiger partial charge on any atom is 0.355 e. The van der Waals surface area contributed by atoms with Gasteiger partial charge in [0.05, 0.1) is 0 Å². The number of aromatic nitrogens is 3. The maximum absolute atomic E-state index is 10.7. The Labute approximate surface area is 112 Å². The minimum atomic E-state index is -1.01. The van der Waals surface area contributed by atoms with Crippen LogP contribution in [0.1, 0.15) is 21.2 Å². The molecule has 0 bridgehead atoms. The molecule has 0 aliphatic carbocycles. The van der Waals surface area contributed by atoms with Crippen LogP contribution in [-0.2, 0) is 0 Å². The Balaban J connectivity index is 1.93. The van der Waals surface area contributed by atoms with Gasteiger partial charge in [0.15, 0.2) is 5.69 Å². The fourth-order valence-electron chi connectivity index (χ4n) is 1.72. The SMILES string of the molecule is O=C(O)c1csc(/C=C/c2cccc3nccn23)n1. The molecule has 0 saturated carbocycles. The summed E-state index contributed by atoms with van der Waals surface area (Å²) in [5, 5.41) is 11.0. The maximum atomic E-state index is 10.7. The molecule has 0 saturated heterocycles. The van der Waals surface area contributed by atoms with Crippen LogP contribution >= 0.6 is 11.3 Å². The number of carboxylic acid groups (broad SMARTS) is 1. The number of aromatic carboxylic acids is 1. The zero-order valence-electron chi connectivity index (χ0n) is 9.72. The number of hydrogen-bond donors (Lipinski definition) is 1. The summed E-state index contributed by atoms with van der Waals surface area (Å²) in [6.07, 6.45) is 7.29. The molecule has 0 radical (unpaired) electrons. The van der Waals surface area contributed by atoms with Crippen molar-refractivity contribution in [1.29, 1.82) is 0 Å². The summed E-state index contributed by atoms with van der Waals surface area (Å²) < 4.78 is 1.95. The first kappa shape index (κ1) is 11.6. The number of carboxylic acids is 1. The second-order valence-corrected chi connectivity index (χ2v) is 4.71. The normalized spacial score (nSPS) is 11.4. The van der Waals surface area contributed by atoms with Crippen LogP contribution in [0.15, 0.2) is 36.0 Å². The minimum Gasteiger partial charge on any atom is -0.476 e. The number of carbonyl (C=O) groups is 1. The Bertz CT molecular complexity index is 773. The van der Waals surface area contributed by atoms with Gasteiger partial charge < -0.3 is 9.51 Å². The summed E-state index contributed by atoms with van der Waals surface area (Å²) in [5.41, 5.74) is 1.90. The lowest BCUT2D eigenvalue weighted by Crippen LogP contribution is -1.95. The molecule has 19 heavy (non-hydrogen) atoms. The molecule has 3 heterocycles. The van der Waals surface area contributed by atoms with Crippen molar-refractivity contribution in [3.05, 3.63) is 52.4 Å². The lowest BCUT2D eigenvalue weighted by molar-refractivity contribution is 0.0691. The molecule has 0 unspecified atom stereocenters. The van der Waals surface area contributed by atoms with Gasteiger partial charge in [-0.2, -0.15) is 0 Å². The Morgan fingerprint density at radius 3 is 3.05 bits per heavy atom. The molecule has 0 aliphatic rings. The second-order valence-electron chi connectivity index (χ2n) is 3.82. The van der Waals surface area contributed by atoms with Gasteiger partial charge in [0, 0.05) is 23.5 Å². The average molecular weight is 271 g/mol. The minimum absolute atomic E-state index is 0.0745. The molecular weight excluding hydrogens is 262 g/mol. The largest absolute Gasteiger partial charge is 0.476 e. The van der Waals surface area contributed by atoms with E-state index in [-0.39, 0.29) is 5.69 Å². The summed E-state index contributed by atoms with van der Waals surface area (Å²) in [5.74, 6) is -1.01. The van der Waals surface area contributed by atoms with E-state index >= 15 is 0 Å². The molecule has 3 rings (SSSR count). The smallest absolute Gasteiger partial charge is 0.355 e. The molecule has 5 nitrogen and oxygen atoms in total. The summed E-state index contributed by atoms with van der Waals surface area (Å²) in [7, 11) is 0. The Morgan fingerprint density at radius 1 is 1.37 bits per heavy atom. The number of thiazole rings is 1. The van der Waals surface area contributed by atoms with Crippen molar-refractivity contribution in [3.8, 4) is 0 Å². The van der Waals surface area contributed by atoms with Crippen LogP contribution in [0, 0.1) is 0 Å². The second kappa shape index (κ2) is 4.66. The first-order chi connectivity index (χ1) is 9.24. The van der Waals surface area contributed by atoms with Crippen molar-refractivity contribution in [1.82, 2.24) is 14.4 Å². The fourth-order valence-corrected chi connectivity index (χ4v) is 2.41. The summed E-state index contributed by atoms with van der Waals surface area (Å²) in [6.45, 7) is 0. The van der Waals surface area contributed by atoms with Crippen molar-refractivity contribution < 1.29 is 9.90 Å². The number of rotatable bonds is 3. The third-order valence-corrected chi connectivity index (χ3v) is 3.41. The predicted octanol–water partition coefficient (Wildman–Crippen LogP) is 2.66. The van der Waals surface area contributed by atoms with Gasteiger partial charge in [0.2, 0.25) is 0 Å². The molecule has 6 heteroatoms. The Morgan fingerprint density at radius 2 is 2.26 bits per heavy atom. The number of nitrogens with zero attached hydrogens (tertiary/aromatic N) is 3. The average Bonchev–Trinajstić information content (AvgIpc) is 3.05. The lowest BCUT2D eigenvalue weighted by Gasteiger charge is -1.98. The molecule has 1 N–H and O–H groups in total. The Hall–Kier alpha value is -2.47. The topological polar surface area (TPSA) is 67.5 Å². The van der Waals surface area contributed by atoms with Gasteiger partial charge in [-0.1, -0.05) is 6.07 Å². The summed E-state index contributed by atoms with van der Waals surface area (Å²) in [4.78, 5) is 18.9. The molecule has 3 aromatic rings. The van der Waals surface area contributed by atoms with Gasteiger partial charge in [0.1, 0.15) is 10.7 Å². The predicted molar refractivity (Wildman–Crippen MR) is 73.2 cm³/mol. The van der Waals surface area contributed by atoms with Crippen LogP contribution in [0.3, 0.4) is 0 Å². The molecule has 0 fully saturated rings. The van der Waals surface area contributed by atoms with E-state index < -0.39 is 5.97 Å². The van der Waals surface area contributed by atoms with Crippen molar-refractivity contribution in [2.45, 2.75) is 0 Å². The van der Waals surface area contributed by atoms with Crippen LogP contribution < -0.4 is 0 Å². The molecule has 3 aromatic heterocycles. The number of imidazole rings is 1. The third kappa shape index (κ3) is 2.25. The summed E-state index contributed by atoms with van der Waals surface area (Å²) >= 11 is 1.30. The third-order valence-electron chi connectivity index (χ3n) is 2.60. The first-order valence-corrected chi connectivity index (χ1v) is 6.41. The highest BCUT2D eigenvalue weighted by atomic mass is 32.1. The van der Waals surface area contributed by atoms with Gasteiger partial charge in [-0.25, -0.2) is 14.8 Å². The molecule has 0 aliphatic heterocycles. The van der Waals surface area contributed by atoms with E-state index in [1.807, 2.05) is 34.9 Å². The van der Waals surface area contributed by atoms with E-state index in [0.717, 1.165) is 11.3 Å². The van der Waals surface area contributed by atoms with E-state index in [0.29, 0.717) is 5.01 Å². The van der Waals surface area contributed by atoms with Gasteiger partial charge >= 0.3 is 5.97 Å². The van der Waals surface area contributed by atoms with Crippen LogP contribution in [0.4, 0.5) is 0 Å². The Kier molecular flexibility index (Phi) is 2.85. The highest BCUT2D eigenvalue weighted by Crippen LogP contribution is 2.14. The van der Waals surface area contributed by atoms with Crippen LogP contribution in [0.25, 0.3) is 17.8 Å². The highest BCUT2D eigenvalue weighted by molar-refractivity contribution is 7.10. The van der Waals surface area contributed by atoms with Gasteiger partial charge in [-0.05, 0) is 24.3 Å². The van der Waals surface area contributed by atoms with E-state index in [1.165, 1.54) is 16.7 Å². The van der Waals surface area contributed by atoms with E-state index in [4.69, 9.17) is 5.11 Å². The monoisotopic (exact) mass is 271 g/mol. The van der Waals surface area contributed by atoms with Gasteiger partial charge in [0.25, 0.3) is 0 Å².